The first kappa shape index (κ1) is 17.7. The predicted molar refractivity (Wildman–Crippen MR) is 99.3 cm³/mol. The van der Waals surface area contributed by atoms with Crippen molar-refractivity contribution < 1.29 is 13.9 Å². The van der Waals surface area contributed by atoms with Crippen molar-refractivity contribution >= 4 is 0 Å². The molecular weight excluding hydrogens is 348 g/mol. The number of hydrogen-bond donors (Lipinski definition) is 2. The highest BCUT2D eigenvalue weighted by Crippen LogP contribution is 2.35. The second-order valence-corrected chi connectivity index (χ2v) is 7.04. The number of H-pyrrole nitrogens is 1. The number of hydrogen-bond acceptors (Lipinski definition) is 3. The number of likely N-dealkylation sites (tertiary alicyclic amines) is 1. The normalized spacial score (nSPS) is 17.9. The van der Waals surface area contributed by atoms with Crippen LogP contribution in [0.15, 0.2) is 48.7 Å². The fourth-order valence-electron chi connectivity index (χ4n) is 3.91. The summed E-state index contributed by atoms with van der Waals surface area (Å²) in [5, 5.41) is 16.7. The molecular formula is C21H21F2N3O. The van der Waals surface area contributed by atoms with E-state index in [-0.39, 0.29) is 17.2 Å². The van der Waals surface area contributed by atoms with E-state index in [0.717, 1.165) is 43.7 Å². The maximum Gasteiger partial charge on any atom is 0.134 e. The lowest BCUT2D eigenvalue weighted by atomic mass is 9.90. The number of benzene rings is 2. The van der Waals surface area contributed by atoms with Gasteiger partial charge in [-0.25, -0.2) is 8.78 Å². The number of piperidine rings is 1. The zero-order valence-electron chi connectivity index (χ0n) is 14.8. The number of phenolic OH excluding ortho intramolecular Hbond substituents is 1. The van der Waals surface area contributed by atoms with Crippen LogP contribution < -0.4 is 0 Å². The highest BCUT2D eigenvalue weighted by Gasteiger charge is 2.27. The molecule has 0 spiro atoms. The van der Waals surface area contributed by atoms with Gasteiger partial charge in [0.1, 0.15) is 17.4 Å². The van der Waals surface area contributed by atoms with Crippen LogP contribution in [0.4, 0.5) is 8.78 Å². The Morgan fingerprint density at radius 3 is 2.70 bits per heavy atom. The smallest absolute Gasteiger partial charge is 0.134 e. The summed E-state index contributed by atoms with van der Waals surface area (Å²) in [6.45, 7) is 2.44. The van der Waals surface area contributed by atoms with Crippen LogP contribution in [0.1, 0.15) is 30.0 Å². The van der Waals surface area contributed by atoms with Gasteiger partial charge in [-0.1, -0.05) is 18.2 Å². The lowest BCUT2D eigenvalue weighted by Gasteiger charge is -2.32. The summed E-state index contributed by atoms with van der Waals surface area (Å²) in [6, 6.07) is 11.1. The highest BCUT2D eigenvalue weighted by atomic mass is 19.1. The van der Waals surface area contributed by atoms with E-state index in [0.29, 0.717) is 5.56 Å². The first-order valence-electron chi connectivity index (χ1n) is 9.09. The Hall–Kier alpha value is -2.73. The number of aromatic hydroxyl groups is 1. The number of halogens is 2. The van der Waals surface area contributed by atoms with Crippen LogP contribution in [0.2, 0.25) is 0 Å². The molecule has 0 radical (unpaired) electrons. The maximum atomic E-state index is 14.2. The van der Waals surface area contributed by atoms with Gasteiger partial charge in [0.15, 0.2) is 0 Å². The standard InChI is InChI=1S/C21H21F2N3O/c22-18-7-2-8-19(23)20(18)17-11-24-25-21(17)15-5-3-9-26(13-15)12-14-4-1-6-16(27)10-14/h1-2,4,6-8,10-11,15,27H,3,5,9,12-13H2,(H,24,25)/t15-/m1/s1. The molecule has 1 fully saturated rings. The number of aromatic nitrogens is 2. The summed E-state index contributed by atoms with van der Waals surface area (Å²) in [5.41, 5.74) is 2.29. The van der Waals surface area contributed by atoms with Crippen molar-refractivity contribution in [2.75, 3.05) is 13.1 Å². The van der Waals surface area contributed by atoms with Crippen LogP contribution in [0.3, 0.4) is 0 Å². The Balaban J connectivity index is 1.57. The summed E-state index contributed by atoms with van der Waals surface area (Å²) in [5.74, 6) is -0.783. The highest BCUT2D eigenvalue weighted by molar-refractivity contribution is 5.67. The predicted octanol–water partition coefficient (Wildman–Crippen LogP) is 4.44. The van der Waals surface area contributed by atoms with Crippen LogP contribution in [0.5, 0.6) is 5.75 Å². The second kappa shape index (κ2) is 7.48. The van der Waals surface area contributed by atoms with Gasteiger partial charge in [-0.15, -0.1) is 0 Å². The quantitative estimate of drug-likeness (QED) is 0.715. The molecule has 0 bridgehead atoms. The van der Waals surface area contributed by atoms with Crippen LogP contribution in [0.25, 0.3) is 11.1 Å². The molecule has 0 aliphatic carbocycles. The van der Waals surface area contributed by atoms with E-state index in [1.165, 1.54) is 24.4 Å². The molecule has 0 amide bonds. The molecule has 3 aromatic rings. The van der Waals surface area contributed by atoms with Crippen molar-refractivity contribution in [3.05, 3.63) is 71.6 Å². The molecule has 1 aromatic heterocycles. The van der Waals surface area contributed by atoms with Gasteiger partial charge in [0, 0.05) is 30.3 Å². The minimum atomic E-state index is -0.579. The Morgan fingerprint density at radius 2 is 1.93 bits per heavy atom. The van der Waals surface area contributed by atoms with Gasteiger partial charge in [-0.05, 0) is 49.2 Å². The van der Waals surface area contributed by atoms with Gasteiger partial charge in [0.2, 0.25) is 0 Å². The van der Waals surface area contributed by atoms with E-state index >= 15 is 0 Å². The molecule has 1 aliphatic heterocycles. The topological polar surface area (TPSA) is 52.1 Å². The van der Waals surface area contributed by atoms with Gasteiger partial charge in [-0.2, -0.15) is 5.10 Å². The van der Waals surface area contributed by atoms with Crippen molar-refractivity contribution in [2.24, 2.45) is 0 Å². The zero-order valence-corrected chi connectivity index (χ0v) is 14.8. The second-order valence-electron chi connectivity index (χ2n) is 7.04. The van der Waals surface area contributed by atoms with E-state index < -0.39 is 11.6 Å². The minimum Gasteiger partial charge on any atom is -0.508 e. The molecule has 1 aliphatic rings. The Morgan fingerprint density at radius 1 is 1.15 bits per heavy atom. The van der Waals surface area contributed by atoms with Gasteiger partial charge < -0.3 is 5.11 Å². The van der Waals surface area contributed by atoms with E-state index in [9.17, 15) is 13.9 Å². The molecule has 4 rings (SSSR count). The molecule has 2 aromatic carbocycles. The maximum absolute atomic E-state index is 14.2. The third kappa shape index (κ3) is 3.71. The SMILES string of the molecule is Oc1cccc(CN2CCC[C@@H](c3[nH]ncc3-c3c(F)cccc3F)C2)c1. The number of nitrogens with one attached hydrogen (secondary N) is 1. The molecule has 2 N–H and O–H groups in total. The van der Waals surface area contributed by atoms with Gasteiger partial charge >= 0.3 is 0 Å². The molecule has 140 valence electrons. The number of phenols is 1. The number of rotatable bonds is 4. The fraction of sp³-hybridized carbons (Fsp3) is 0.286. The molecule has 27 heavy (non-hydrogen) atoms. The molecule has 0 saturated carbocycles. The largest absolute Gasteiger partial charge is 0.508 e. The lowest BCUT2D eigenvalue weighted by Crippen LogP contribution is -2.34. The summed E-state index contributed by atoms with van der Waals surface area (Å²) in [4.78, 5) is 2.30. The number of nitrogens with zero attached hydrogens (tertiary/aromatic N) is 2. The fourth-order valence-corrected chi connectivity index (χ4v) is 3.91. The van der Waals surface area contributed by atoms with E-state index in [1.54, 1.807) is 12.1 Å². The average Bonchev–Trinajstić information content (AvgIpc) is 3.11. The average molecular weight is 369 g/mol. The third-order valence-electron chi connectivity index (χ3n) is 5.13. The van der Waals surface area contributed by atoms with Crippen molar-refractivity contribution in [1.29, 1.82) is 0 Å². The molecule has 4 nitrogen and oxygen atoms in total. The van der Waals surface area contributed by atoms with Crippen LogP contribution in [0, 0.1) is 11.6 Å². The van der Waals surface area contributed by atoms with Crippen LogP contribution in [-0.2, 0) is 6.54 Å². The molecule has 2 heterocycles. The summed E-state index contributed by atoms with van der Waals surface area (Å²) < 4.78 is 28.5. The van der Waals surface area contributed by atoms with Crippen molar-refractivity contribution in [1.82, 2.24) is 15.1 Å². The molecule has 1 atom stereocenters. The van der Waals surface area contributed by atoms with Gasteiger partial charge in [0.25, 0.3) is 0 Å². The lowest BCUT2D eigenvalue weighted by molar-refractivity contribution is 0.198. The number of aromatic amines is 1. The summed E-state index contributed by atoms with van der Waals surface area (Å²) in [7, 11) is 0. The molecule has 1 saturated heterocycles. The first-order valence-corrected chi connectivity index (χ1v) is 9.09. The van der Waals surface area contributed by atoms with Gasteiger partial charge in [-0.3, -0.25) is 10.00 Å². The van der Waals surface area contributed by atoms with Crippen LogP contribution in [-0.4, -0.2) is 33.3 Å². The molecule has 6 heteroatoms. The Bertz CT molecular complexity index is 920. The zero-order chi connectivity index (χ0) is 18.8. The minimum absolute atomic E-state index is 0.0219. The Labute approximate surface area is 156 Å². The third-order valence-corrected chi connectivity index (χ3v) is 5.13. The first-order chi connectivity index (χ1) is 13.1. The summed E-state index contributed by atoms with van der Waals surface area (Å²) >= 11 is 0. The van der Waals surface area contributed by atoms with Crippen molar-refractivity contribution in [3.63, 3.8) is 0 Å². The summed E-state index contributed by atoms with van der Waals surface area (Å²) in [6.07, 6.45) is 3.43. The van der Waals surface area contributed by atoms with E-state index in [1.807, 2.05) is 12.1 Å². The van der Waals surface area contributed by atoms with Gasteiger partial charge in [0.05, 0.1) is 11.8 Å². The van der Waals surface area contributed by atoms with E-state index in [4.69, 9.17) is 0 Å². The van der Waals surface area contributed by atoms with Crippen molar-refractivity contribution in [3.8, 4) is 16.9 Å². The van der Waals surface area contributed by atoms with E-state index in [2.05, 4.69) is 15.1 Å². The Kier molecular flexibility index (Phi) is 4.90. The monoisotopic (exact) mass is 369 g/mol. The molecule has 0 unspecified atom stereocenters. The van der Waals surface area contributed by atoms with Crippen molar-refractivity contribution in [2.45, 2.75) is 25.3 Å². The van der Waals surface area contributed by atoms with Crippen LogP contribution >= 0.6 is 0 Å².